The molecule has 8 heteroatoms. The first kappa shape index (κ1) is 23.6. The second kappa shape index (κ2) is 11.0. The average molecular weight is 499 g/mol. The Morgan fingerprint density at radius 2 is 1.72 bits per heavy atom. The lowest BCUT2D eigenvalue weighted by Gasteiger charge is -2.11. The fourth-order valence-electron chi connectivity index (χ4n) is 3.79. The number of rotatable bonds is 9. The molecule has 0 saturated heterocycles. The summed E-state index contributed by atoms with van der Waals surface area (Å²) in [4.78, 5) is 12.6. The molecule has 180 valence electrons. The molecule has 1 amide bonds. The van der Waals surface area contributed by atoms with E-state index < -0.39 is 0 Å². The van der Waals surface area contributed by atoms with E-state index in [1.165, 1.54) is 17.8 Å². The lowest BCUT2D eigenvalue weighted by atomic mass is 10.1. The molecule has 0 radical (unpaired) electrons. The molecular formula is C28H23FN4O2S. The lowest BCUT2D eigenvalue weighted by Crippen LogP contribution is -2.22. The molecule has 0 bridgehead atoms. The van der Waals surface area contributed by atoms with E-state index in [0.29, 0.717) is 46.7 Å². The summed E-state index contributed by atoms with van der Waals surface area (Å²) in [6, 6.07) is 27.5. The Morgan fingerprint density at radius 1 is 0.917 bits per heavy atom. The molecular weight excluding hydrogens is 475 g/mol. The van der Waals surface area contributed by atoms with Crippen LogP contribution in [0, 0.1) is 5.82 Å². The summed E-state index contributed by atoms with van der Waals surface area (Å²) in [5.41, 5.74) is 2.97. The van der Waals surface area contributed by atoms with Crippen molar-refractivity contribution in [2.24, 2.45) is 0 Å². The van der Waals surface area contributed by atoms with E-state index >= 15 is 0 Å². The molecule has 2 heterocycles. The molecule has 0 aliphatic heterocycles. The van der Waals surface area contributed by atoms with Crippen LogP contribution in [0.15, 0.2) is 107 Å². The van der Waals surface area contributed by atoms with Crippen molar-refractivity contribution in [2.45, 2.75) is 23.9 Å². The lowest BCUT2D eigenvalue weighted by molar-refractivity contribution is 0.0948. The Balaban J connectivity index is 1.35. The van der Waals surface area contributed by atoms with Gasteiger partial charge in [0, 0.05) is 17.7 Å². The molecule has 1 N–H and O–H groups in total. The van der Waals surface area contributed by atoms with Crippen molar-refractivity contribution in [3.05, 3.63) is 131 Å². The van der Waals surface area contributed by atoms with E-state index in [4.69, 9.17) is 4.42 Å². The van der Waals surface area contributed by atoms with Gasteiger partial charge < -0.3 is 9.73 Å². The Labute approximate surface area is 212 Å². The fraction of sp³-hybridized carbons (Fsp3) is 0.107. The van der Waals surface area contributed by atoms with Gasteiger partial charge in [0.05, 0.1) is 18.5 Å². The van der Waals surface area contributed by atoms with Crippen molar-refractivity contribution in [2.75, 3.05) is 0 Å². The number of amides is 1. The van der Waals surface area contributed by atoms with Gasteiger partial charge in [-0.15, -0.1) is 10.2 Å². The van der Waals surface area contributed by atoms with Crippen molar-refractivity contribution in [1.29, 1.82) is 0 Å². The smallest absolute Gasteiger partial charge is 0.251 e. The Kier molecular flexibility index (Phi) is 7.23. The summed E-state index contributed by atoms with van der Waals surface area (Å²) >= 11 is 1.44. The number of nitrogens with zero attached hydrogens (tertiary/aromatic N) is 3. The number of carbonyl (C=O) groups excluding carboxylic acids is 1. The molecule has 5 aromatic rings. The van der Waals surface area contributed by atoms with Crippen molar-refractivity contribution in [1.82, 2.24) is 20.1 Å². The number of thioether (sulfide) groups is 1. The monoisotopic (exact) mass is 498 g/mol. The molecule has 0 spiro atoms. The van der Waals surface area contributed by atoms with E-state index in [0.717, 1.165) is 11.1 Å². The highest BCUT2D eigenvalue weighted by atomic mass is 32.2. The van der Waals surface area contributed by atoms with Gasteiger partial charge in [-0.2, -0.15) is 0 Å². The zero-order chi connectivity index (χ0) is 24.7. The van der Waals surface area contributed by atoms with Gasteiger partial charge in [0.15, 0.2) is 5.16 Å². The quantitative estimate of drug-likeness (QED) is 0.260. The maximum atomic E-state index is 14.8. The highest BCUT2D eigenvalue weighted by Crippen LogP contribution is 2.28. The Bertz CT molecular complexity index is 1450. The minimum absolute atomic E-state index is 0.182. The zero-order valence-electron chi connectivity index (χ0n) is 19.3. The predicted octanol–water partition coefficient (Wildman–Crippen LogP) is 5.81. The summed E-state index contributed by atoms with van der Waals surface area (Å²) in [5.74, 6) is 1.35. The van der Waals surface area contributed by atoms with Gasteiger partial charge in [-0.1, -0.05) is 66.4 Å². The van der Waals surface area contributed by atoms with Crippen LogP contribution in [0.4, 0.5) is 4.39 Å². The minimum atomic E-state index is -0.344. The van der Waals surface area contributed by atoms with Gasteiger partial charge >= 0.3 is 0 Å². The summed E-state index contributed by atoms with van der Waals surface area (Å²) < 4.78 is 21.8. The summed E-state index contributed by atoms with van der Waals surface area (Å²) in [5, 5.41) is 12.2. The van der Waals surface area contributed by atoms with Crippen molar-refractivity contribution in [3.63, 3.8) is 0 Å². The first-order chi connectivity index (χ1) is 17.7. The Hall–Kier alpha value is -4.17. The number of furan rings is 1. The summed E-state index contributed by atoms with van der Waals surface area (Å²) in [7, 11) is 0. The highest BCUT2D eigenvalue weighted by molar-refractivity contribution is 7.98. The molecule has 36 heavy (non-hydrogen) atoms. The van der Waals surface area contributed by atoms with Crippen LogP contribution in [0.1, 0.15) is 33.1 Å². The Morgan fingerprint density at radius 3 is 2.53 bits per heavy atom. The van der Waals surface area contributed by atoms with Crippen LogP contribution < -0.4 is 5.32 Å². The van der Waals surface area contributed by atoms with Crippen molar-refractivity contribution in [3.8, 4) is 5.69 Å². The number of hydrogen-bond donors (Lipinski definition) is 1. The van der Waals surface area contributed by atoms with Crippen LogP contribution in [0.3, 0.4) is 0 Å². The van der Waals surface area contributed by atoms with Crippen molar-refractivity contribution >= 4 is 17.7 Å². The second-order valence-corrected chi connectivity index (χ2v) is 9.04. The van der Waals surface area contributed by atoms with Gasteiger partial charge in [-0.05, 0) is 47.5 Å². The molecule has 5 rings (SSSR count). The normalized spacial score (nSPS) is 10.9. The first-order valence-corrected chi connectivity index (χ1v) is 12.4. The molecule has 0 saturated carbocycles. The van der Waals surface area contributed by atoms with E-state index in [1.807, 2.05) is 54.6 Å². The maximum Gasteiger partial charge on any atom is 0.251 e. The van der Waals surface area contributed by atoms with Crippen LogP contribution in [0.5, 0.6) is 0 Å². The number of para-hydroxylation sites is 1. The highest BCUT2D eigenvalue weighted by Gasteiger charge is 2.18. The van der Waals surface area contributed by atoms with Crippen LogP contribution >= 0.6 is 11.8 Å². The second-order valence-electron chi connectivity index (χ2n) is 8.10. The van der Waals surface area contributed by atoms with Crippen LogP contribution in [0.25, 0.3) is 5.69 Å². The SMILES string of the molecule is O=C(NCc1ccco1)c1cccc(CSc2nnc(Cc3ccccc3)n2-c2ccccc2F)c1. The number of aromatic nitrogens is 3. The predicted molar refractivity (Wildman–Crippen MR) is 136 cm³/mol. The van der Waals surface area contributed by atoms with Gasteiger partial charge in [0.1, 0.15) is 17.4 Å². The van der Waals surface area contributed by atoms with Gasteiger partial charge in [-0.3, -0.25) is 9.36 Å². The van der Waals surface area contributed by atoms with E-state index in [-0.39, 0.29) is 11.7 Å². The molecule has 3 aromatic carbocycles. The van der Waals surface area contributed by atoms with E-state index in [9.17, 15) is 9.18 Å². The number of benzene rings is 3. The van der Waals surface area contributed by atoms with Crippen LogP contribution in [-0.4, -0.2) is 20.7 Å². The number of hydrogen-bond acceptors (Lipinski definition) is 5. The van der Waals surface area contributed by atoms with E-state index in [1.54, 1.807) is 41.2 Å². The third-order valence-electron chi connectivity index (χ3n) is 5.56. The molecule has 0 aliphatic rings. The van der Waals surface area contributed by atoms with Gasteiger partial charge in [0.25, 0.3) is 5.91 Å². The summed E-state index contributed by atoms with van der Waals surface area (Å²) in [6.07, 6.45) is 2.10. The largest absolute Gasteiger partial charge is 0.467 e. The minimum Gasteiger partial charge on any atom is -0.467 e. The fourth-order valence-corrected chi connectivity index (χ4v) is 4.70. The first-order valence-electron chi connectivity index (χ1n) is 11.4. The molecule has 0 fully saturated rings. The summed E-state index contributed by atoms with van der Waals surface area (Å²) in [6.45, 7) is 0.320. The third kappa shape index (κ3) is 5.55. The standard InChI is InChI=1S/C28H23FN4O2S/c29-24-13-4-5-14-25(24)33-26(17-20-8-2-1-3-9-20)31-32-28(33)36-19-21-10-6-11-22(16-21)27(34)30-18-23-12-7-15-35-23/h1-16H,17-19H2,(H,30,34). The van der Waals surface area contributed by atoms with Crippen LogP contribution in [0.2, 0.25) is 0 Å². The van der Waals surface area contributed by atoms with E-state index in [2.05, 4.69) is 15.5 Å². The van der Waals surface area contributed by atoms with Crippen LogP contribution in [-0.2, 0) is 18.7 Å². The average Bonchev–Trinajstić information content (AvgIpc) is 3.57. The number of carbonyl (C=O) groups is 1. The van der Waals surface area contributed by atoms with Gasteiger partial charge in [-0.25, -0.2) is 4.39 Å². The van der Waals surface area contributed by atoms with Gasteiger partial charge in [0.2, 0.25) is 0 Å². The molecule has 6 nitrogen and oxygen atoms in total. The van der Waals surface area contributed by atoms with Crippen molar-refractivity contribution < 1.29 is 13.6 Å². The topological polar surface area (TPSA) is 73.0 Å². The zero-order valence-corrected chi connectivity index (χ0v) is 20.1. The molecule has 0 aliphatic carbocycles. The number of nitrogens with one attached hydrogen (secondary N) is 1. The molecule has 0 unspecified atom stereocenters. The third-order valence-corrected chi connectivity index (χ3v) is 6.56. The molecule has 2 aromatic heterocycles. The maximum absolute atomic E-state index is 14.8. The molecule has 0 atom stereocenters. The number of halogens is 1.